The summed E-state index contributed by atoms with van der Waals surface area (Å²) in [7, 11) is 0. The average molecular weight is 193 g/mol. The second kappa shape index (κ2) is 4.01. The number of hydrogen-bond acceptors (Lipinski definition) is 5. The Bertz CT molecular complexity index is 380. The topological polar surface area (TPSA) is 93.6 Å². The van der Waals surface area contributed by atoms with Crippen molar-refractivity contribution < 1.29 is 4.52 Å². The van der Waals surface area contributed by atoms with Crippen LogP contribution in [0, 0.1) is 0 Å². The van der Waals surface area contributed by atoms with Crippen LogP contribution in [0.2, 0.25) is 0 Å². The molecule has 0 atom stereocenters. The number of H-pyrrole nitrogens is 1. The van der Waals surface area contributed by atoms with Gasteiger partial charge in [-0.15, -0.1) is 0 Å². The van der Waals surface area contributed by atoms with Gasteiger partial charge in [0.1, 0.15) is 5.69 Å². The lowest BCUT2D eigenvalue weighted by atomic mass is 10.3. The van der Waals surface area contributed by atoms with Gasteiger partial charge in [0.25, 0.3) is 5.89 Å². The van der Waals surface area contributed by atoms with Crippen LogP contribution >= 0.6 is 0 Å². The first kappa shape index (κ1) is 8.89. The van der Waals surface area contributed by atoms with Crippen LogP contribution in [-0.2, 0) is 6.42 Å². The molecule has 74 valence electrons. The monoisotopic (exact) mass is 193 g/mol. The summed E-state index contributed by atoms with van der Waals surface area (Å²) >= 11 is 0. The Morgan fingerprint density at radius 3 is 3.14 bits per heavy atom. The van der Waals surface area contributed by atoms with Gasteiger partial charge >= 0.3 is 0 Å². The van der Waals surface area contributed by atoms with E-state index in [9.17, 15) is 0 Å². The summed E-state index contributed by atoms with van der Waals surface area (Å²) in [6.45, 7) is 0.633. The number of aromatic amines is 1. The van der Waals surface area contributed by atoms with Crippen molar-refractivity contribution in [1.82, 2.24) is 20.3 Å². The Hall–Kier alpha value is -1.69. The van der Waals surface area contributed by atoms with E-state index in [4.69, 9.17) is 10.3 Å². The third kappa shape index (κ3) is 1.80. The summed E-state index contributed by atoms with van der Waals surface area (Å²) in [6, 6.07) is 1.78. The fourth-order valence-corrected chi connectivity index (χ4v) is 1.10. The molecule has 0 unspecified atom stereocenters. The van der Waals surface area contributed by atoms with Crippen molar-refractivity contribution in [3.05, 3.63) is 18.1 Å². The van der Waals surface area contributed by atoms with E-state index < -0.39 is 0 Å². The Balaban J connectivity index is 2.10. The molecule has 3 N–H and O–H groups in total. The molecular formula is C8H11N5O. The summed E-state index contributed by atoms with van der Waals surface area (Å²) in [5, 5.41) is 10.4. The molecule has 2 heterocycles. The van der Waals surface area contributed by atoms with E-state index in [1.54, 1.807) is 12.3 Å². The number of aryl methyl sites for hydroxylation is 1. The highest BCUT2D eigenvalue weighted by Gasteiger charge is 2.08. The van der Waals surface area contributed by atoms with E-state index in [0.717, 1.165) is 18.5 Å². The van der Waals surface area contributed by atoms with Gasteiger partial charge in [-0.25, -0.2) is 0 Å². The zero-order valence-electron chi connectivity index (χ0n) is 7.60. The van der Waals surface area contributed by atoms with Gasteiger partial charge in [0, 0.05) is 12.6 Å². The number of nitrogens with two attached hydrogens (primary N) is 1. The highest BCUT2D eigenvalue weighted by molar-refractivity contribution is 5.44. The molecule has 6 nitrogen and oxygen atoms in total. The first-order chi connectivity index (χ1) is 6.90. The van der Waals surface area contributed by atoms with Gasteiger partial charge in [-0.2, -0.15) is 10.1 Å². The number of hydrogen-bond donors (Lipinski definition) is 2. The second-order valence-electron chi connectivity index (χ2n) is 2.88. The van der Waals surface area contributed by atoms with Crippen molar-refractivity contribution in [3.8, 4) is 11.6 Å². The minimum absolute atomic E-state index is 0.467. The average Bonchev–Trinajstić information content (AvgIpc) is 2.85. The minimum Gasteiger partial charge on any atom is -0.332 e. The van der Waals surface area contributed by atoms with Crippen molar-refractivity contribution >= 4 is 0 Å². The van der Waals surface area contributed by atoms with E-state index in [1.807, 2.05) is 0 Å². The summed E-state index contributed by atoms with van der Waals surface area (Å²) in [5.41, 5.74) is 6.11. The van der Waals surface area contributed by atoms with Gasteiger partial charge in [0.05, 0.1) is 0 Å². The van der Waals surface area contributed by atoms with E-state index in [1.165, 1.54) is 0 Å². The molecular weight excluding hydrogens is 182 g/mol. The first-order valence-electron chi connectivity index (χ1n) is 4.42. The molecule has 0 fully saturated rings. The molecule has 2 aromatic rings. The van der Waals surface area contributed by atoms with Crippen LogP contribution < -0.4 is 5.73 Å². The van der Waals surface area contributed by atoms with E-state index in [0.29, 0.717) is 18.3 Å². The van der Waals surface area contributed by atoms with E-state index in [2.05, 4.69) is 20.3 Å². The SMILES string of the molecule is NCCCc1noc(-c2ccn[nH]2)n1. The molecule has 0 aromatic carbocycles. The summed E-state index contributed by atoms with van der Waals surface area (Å²) in [5.74, 6) is 1.15. The molecule has 0 saturated carbocycles. The minimum atomic E-state index is 0.467. The highest BCUT2D eigenvalue weighted by atomic mass is 16.5. The van der Waals surface area contributed by atoms with Crippen LogP contribution in [-0.4, -0.2) is 26.9 Å². The van der Waals surface area contributed by atoms with Gasteiger partial charge in [-0.1, -0.05) is 5.16 Å². The van der Waals surface area contributed by atoms with Crippen LogP contribution in [0.4, 0.5) is 0 Å². The Kier molecular flexibility index (Phi) is 2.55. The van der Waals surface area contributed by atoms with E-state index in [-0.39, 0.29) is 0 Å². The highest BCUT2D eigenvalue weighted by Crippen LogP contribution is 2.13. The lowest BCUT2D eigenvalue weighted by Gasteiger charge is -1.88. The number of nitrogens with one attached hydrogen (secondary N) is 1. The molecule has 6 heteroatoms. The van der Waals surface area contributed by atoms with Gasteiger partial charge in [0.2, 0.25) is 0 Å². The smallest absolute Gasteiger partial charge is 0.275 e. The first-order valence-corrected chi connectivity index (χ1v) is 4.42. The normalized spacial score (nSPS) is 10.6. The van der Waals surface area contributed by atoms with Crippen molar-refractivity contribution in [2.75, 3.05) is 6.54 Å². The Labute approximate surface area is 80.5 Å². The number of nitrogens with zero attached hydrogens (tertiary/aromatic N) is 3. The lowest BCUT2D eigenvalue weighted by molar-refractivity contribution is 0.420. The maximum absolute atomic E-state index is 5.38. The third-order valence-electron chi connectivity index (χ3n) is 1.80. The van der Waals surface area contributed by atoms with Crippen molar-refractivity contribution in [2.24, 2.45) is 5.73 Å². The van der Waals surface area contributed by atoms with Gasteiger partial charge in [0.15, 0.2) is 5.82 Å². The summed E-state index contributed by atoms with van der Waals surface area (Å²) in [6.07, 6.45) is 3.25. The number of aromatic nitrogens is 4. The van der Waals surface area contributed by atoms with Crippen LogP contribution in [0.15, 0.2) is 16.8 Å². The lowest BCUT2D eigenvalue weighted by Crippen LogP contribution is -2.01. The maximum atomic E-state index is 5.38. The zero-order chi connectivity index (χ0) is 9.80. The van der Waals surface area contributed by atoms with E-state index >= 15 is 0 Å². The fraction of sp³-hybridized carbons (Fsp3) is 0.375. The third-order valence-corrected chi connectivity index (χ3v) is 1.80. The Morgan fingerprint density at radius 2 is 2.43 bits per heavy atom. The van der Waals surface area contributed by atoms with Crippen LogP contribution in [0.5, 0.6) is 0 Å². The van der Waals surface area contributed by atoms with Crippen LogP contribution in [0.1, 0.15) is 12.2 Å². The predicted molar refractivity (Wildman–Crippen MR) is 49.3 cm³/mol. The molecule has 2 rings (SSSR count). The summed E-state index contributed by atoms with van der Waals surface area (Å²) in [4.78, 5) is 4.19. The summed E-state index contributed by atoms with van der Waals surface area (Å²) < 4.78 is 5.03. The van der Waals surface area contributed by atoms with Gasteiger partial charge in [-0.05, 0) is 19.0 Å². The van der Waals surface area contributed by atoms with Crippen LogP contribution in [0.3, 0.4) is 0 Å². The molecule has 0 spiro atoms. The predicted octanol–water partition coefficient (Wildman–Crippen LogP) is 0.351. The Morgan fingerprint density at radius 1 is 1.50 bits per heavy atom. The zero-order valence-corrected chi connectivity index (χ0v) is 7.60. The molecule has 0 aliphatic rings. The van der Waals surface area contributed by atoms with Crippen molar-refractivity contribution in [2.45, 2.75) is 12.8 Å². The second-order valence-corrected chi connectivity index (χ2v) is 2.88. The van der Waals surface area contributed by atoms with Gasteiger partial charge in [-0.3, -0.25) is 5.10 Å². The standard InChI is InChI=1S/C8H11N5O/c9-4-1-2-7-11-8(14-13-7)6-3-5-10-12-6/h3,5H,1-2,4,9H2,(H,10,12). The fourth-order valence-electron chi connectivity index (χ4n) is 1.10. The van der Waals surface area contributed by atoms with Crippen molar-refractivity contribution in [1.29, 1.82) is 0 Å². The maximum Gasteiger partial charge on any atom is 0.275 e. The van der Waals surface area contributed by atoms with Crippen LogP contribution in [0.25, 0.3) is 11.6 Å². The van der Waals surface area contributed by atoms with Crippen molar-refractivity contribution in [3.63, 3.8) is 0 Å². The number of rotatable bonds is 4. The quantitative estimate of drug-likeness (QED) is 0.730. The molecule has 2 aromatic heterocycles. The molecule has 0 aliphatic heterocycles. The molecule has 0 saturated heterocycles. The molecule has 0 radical (unpaired) electrons. The van der Waals surface area contributed by atoms with Gasteiger partial charge < -0.3 is 10.3 Å². The largest absolute Gasteiger partial charge is 0.332 e. The molecule has 14 heavy (non-hydrogen) atoms. The molecule has 0 amide bonds. The molecule has 0 bridgehead atoms. The molecule has 0 aliphatic carbocycles.